The van der Waals surface area contributed by atoms with Crippen LogP contribution in [0.1, 0.15) is 20.8 Å². The first-order chi connectivity index (χ1) is 6.03. The van der Waals surface area contributed by atoms with Crippen LogP contribution in [-0.2, 0) is 19.0 Å². The summed E-state index contributed by atoms with van der Waals surface area (Å²) in [5.41, 5.74) is 0. The summed E-state index contributed by atoms with van der Waals surface area (Å²) < 4.78 is 16.4. The third-order valence-electron chi connectivity index (χ3n) is 2.55. The van der Waals surface area contributed by atoms with Gasteiger partial charge in [-0.1, -0.05) is 6.92 Å². The summed E-state index contributed by atoms with van der Waals surface area (Å²) in [7, 11) is 0. The van der Waals surface area contributed by atoms with Crippen molar-refractivity contribution in [2.45, 2.75) is 45.1 Å². The molecule has 0 aromatic carbocycles. The highest BCUT2D eigenvalue weighted by Gasteiger charge is 2.52. The van der Waals surface area contributed by atoms with Crippen molar-refractivity contribution in [3.05, 3.63) is 0 Å². The van der Waals surface area contributed by atoms with Gasteiger partial charge in [-0.25, -0.2) is 0 Å². The predicted molar refractivity (Wildman–Crippen MR) is 43.9 cm³/mol. The maximum atomic E-state index is 10.6. The highest BCUT2D eigenvalue weighted by atomic mass is 16.8. The van der Waals surface area contributed by atoms with E-state index in [1.807, 2.05) is 20.8 Å². The maximum absolute atomic E-state index is 10.6. The van der Waals surface area contributed by atoms with Gasteiger partial charge in [0.1, 0.15) is 18.5 Å². The van der Waals surface area contributed by atoms with Gasteiger partial charge < -0.3 is 19.0 Å². The molecule has 0 aromatic heterocycles. The zero-order valence-corrected chi connectivity index (χ0v) is 8.02. The average molecular weight is 186 g/mol. The van der Waals surface area contributed by atoms with E-state index in [1.54, 1.807) is 0 Å². The number of carbonyl (C=O) groups is 1. The quantitative estimate of drug-likeness (QED) is 0.565. The number of rotatable bonds is 1. The summed E-state index contributed by atoms with van der Waals surface area (Å²) in [5, 5.41) is 0. The molecule has 0 bridgehead atoms. The molecule has 2 aliphatic heterocycles. The molecule has 4 nitrogen and oxygen atoms in total. The van der Waals surface area contributed by atoms with E-state index in [0.717, 1.165) is 6.29 Å². The van der Waals surface area contributed by atoms with Crippen LogP contribution < -0.4 is 0 Å². The fourth-order valence-corrected chi connectivity index (χ4v) is 1.84. The van der Waals surface area contributed by atoms with Crippen molar-refractivity contribution in [3.8, 4) is 0 Å². The van der Waals surface area contributed by atoms with Gasteiger partial charge in [0.25, 0.3) is 0 Å². The Morgan fingerprint density at radius 2 is 2.00 bits per heavy atom. The minimum Gasteiger partial charge on any atom is -0.341 e. The van der Waals surface area contributed by atoms with Gasteiger partial charge in [-0.2, -0.15) is 0 Å². The van der Waals surface area contributed by atoms with E-state index < -0.39 is 5.79 Å². The van der Waals surface area contributed by atoms with Crippen LogP contribution in [0.15, 0.2) is 0 Å². The Morgan fingerprint density at radius 1 is 1.31 bits per heavy atom. The molecule has 74 valence electrons. The number of hydrogen-bond acceptors (Lipinski definition) is 4. The molecule has 0 aliphatic carbocycles. The average Bonchev–Trinajstić information content (AvgIpc) is 2.47. The molecule has 0 saturated carbocycles. The van der Waals surface area contributed by atoms with Crippen molar-refractivity contribution in [1.82, 2.24) is 0 Å². The van der Waals surface area contributed by atoms with Gasteiger partial charge in [-0.15, -0.1) is 0 Å². The van der Waals surface area contributed by atoms with Gasteiger partial charge in [0.15, 0.2) is 12.1 Å². The van der Waals surface area contributed by atoms with Crippen molar-refractivity contribution < 1.29 is 19.0 Å². The topological polar surface area (TPSA) is 44.8 Å². The van der Waals surface area contributed by atoms with Crippen LogP contribution in [0, 0.1) is 5.92 Å². The number of ether oxygens (including phenoxy) is 3. The Hall–Kier alpha value is -0.450. The standard InChI is InChI=1S/C9H14O4/c1-5-6(4-10)11-8-7(5)12-9(2,3)13-8/h4-8H,1-3H3. The van der Waals surface area contributed by atoms with E-state index in [9.17, 15) is 4.79 Å². The molecule has 0 amide bonds. The number of aldehydes is 1. The van der Waals surface area contributed by atoms with Crippen LogP contribution in [0.2, 0.25) is 0 Å². The van der Waals surface area contributed by atoms with Crippen LogP contribution in [0.25, 0.3) is 0 Å². The molecule has 2 fully saturated rings. The maximum Gasteiger partial charge on any atom is 0.188 e. The molecule has 0 aromatic rings. The Labute approximate surface area is 77.1 Å². The summed E-state index contributed by atoms with van der Waals surface area (Å²) >= 11 is 0. The summed E-state index contributed by atoms with van der Waals surface area (Å²) in [6, 6.07) is 0. The first kappa shape index (κ1) is 9.12. The van der Waals surface area contributed by atoms with E-state index in [0.29, 0.717) is 0 Å². The second kappa shape index (κ2) is 2.77. The molecule has 2 aliphatic rings. The van der Waals surface area contributed by atoms with Gasteiger partial charge in [0.05, 0.1) is 0 Å². The lowest BCUT2D eigenvalue weighted by Gasteiger charge is -2.21. The lowest BCUT2D eigenvalue weighted by molar-refractivity contribution is -0.207. The largest absolute Gasteiger partial charge is 0.341 e. The van der Waals surface area contributed by atoms with Crippen molar-refractivity contribution in [1.29, 1.82) is 0 Å². The molecule has 2 heterocycles. The molecule has 13 heavy (non-hydrogen) atoms. The van der Waals surface area contributed by atoms with E-state index in [1.165, 1.54) is 0 Å². The molecule has 2 saturated heterocycles. The van der Waals surface area contributed by atoms with Crippen LogP contribution in [0.4, 0.5) is 0 Å². The Kier molecular flexibility index (Phi) is 1.94. The van der Waals surface area contributed by atoms with Crippen molar-refractivity contribution >= 4 is 6.29 Å². The Bertz CT molecular complexity index is 226. The highest BCUT2D eigenvalue weighted by Crippen LogP contribution is 2.39. The predicted octanol–water partition coefficient (Wildman–Crippen LogP) is 0.698. The van der Waals surface area contributed by atoms with E-state index in [4.69, 9.17) is 14.2 Å². The van der Waals surface area contributed by atoms with Crippen LogP contribution in [0.3, 0.4) is 0 Å². The van der Waals surface area contributed by atoms with E-state index >= 15 is 0 Å². The summed E-state index contributed by atoms with van der Waals surface area (Å²) in [6.07, 6.45) is -0.0561. The molecule has 0 radical (unpaired) electrons. The minimum atomic E-state index is -0.586. The molecule has 4 atom stereocenters. The fourth-order valence-electron chi connectivity index (χ4n) is 1.84. The van der Waals surface area contributed by atoms with Gasteiger partial charge >= 0.3 is 0 Å². The summed E-state index contributed by atoms with van der Waals surface area (Å²) in [4.78, 5) is 10.6. The second-order valence-corrected chi connectivity index (χ2v) is 4.06. The van der Waals surface area contributed by atoms with Crippen LogP contribution in [-0.4, -0.2) is 30.6 Å². The van der Waals surface area contributed by atoms with Gasteiger partial charge in [0.2, 0.25) is 0 Å². The third kappa shape index (κ3) is 1.39. The molecule has 4 unspecified atom stereocenters. The van der Waals surface area contributed by atoms with E-state index in [2.05, 4.69) is 0 Å². The van der Waals surface area contributed by atoms with Crippen LogP contribution in [0.5, 0.6) is 0 Å². The molecule has 0 N–H and O–H groups in total. The first-order valence-electron chi connectivity index (χ1n) is 4.50. The zero-order chi connectivity index (χ0) is 9.64. The highest BCUT2D eigenvalue weighted by molar-refractivity contribution is 5.57. The Balaban J connectivity index is 2.11. The lowest BCUT2D eigenvalue weighted by atomic mass is 10.0. The number of carbonyl (C=O) groups excluding carboxylic acids is 1. The fraction of sp³-hybridized carbons (Fsp3) is 0.889. The van der Waals surface area contributed by atoms with E-state index in [-0.39, 0.29) is 24.4 Å². The van der Waals surface area contributed by atoms with Gasteiger partial charge in [-0.3, -0.25) is 0 Å². The molecule has 4 heteroatoms. The molecule has 2 rings (SSSR count). The monoisotopic (exact) mass is 186 g/mol. The van der Waals surface area contributed by atoms with Crippen LogP contribution >= 0.6 is 0 Å². The smallest absolute Gasteiger partial charge is 0.188 e. The van der Waals surface area contributed by atoms with Gasteiger partial charge in [-0.05, 0) is 13.8 Å². The first-order valence-corrected chi connectivity index (χ1v) is 4.50. The molecule has 0 spiro atoms. The Morgan fingerprint density at radius 3 is 2.54 bits per heavy atom. The number of fused-ring (bicyclic) bond motifs is 1. The summed E-state index contributed by atoms with van der Waals surface area (Å²) in [6.45, 7) is 5.63. The van der Waals surface area contributed by atoms with Gasteiger partial charge in [0, 0.05) is 5.92 Å². The third-order valence-corrected chi connectivity index (χ3v) is 2.55. The SMILES string of the molecule is CC1C(C=O)OC2OC(C)(C)OC21. The van der Waals surface area contributed by atoms with Crippen molar-refractivity contribution in [2.75, 3.05) is 0 Å². The summed E-state index contributed by atoms with van der Waals surface area (Å²) in [5.74, 6) is -0.512. The molecular weight excluding hydrogens is 172 g/mol. The second-order valence-electron chi connectivity index (χ2n) is 4.06. The minimum absolute atomic E-state index is 0.0734. The molecular formula is C9H14O4. The lowest BCUT2D eigenvalue weighted by Crippen LogP contribution is -2.29. The van der Waals surface area contributed by atoms with Crippen molar-refractivity contribution in [3.63, 3.8) is 0 Å². The van der Waals surface area contributed by atoms with Crippen molar-refractivity contribution in [2.24, 2.45) is 5.92 Å². The zero-order valence-electron chi connectivity index (χ0n) is 8.02. The number of hydrogen-bond donors (Lipinski definition) is 0. The normalized spacial score (nSPS) is 47.6.